The van der Waals surface area contributed by atoms with Gasteiger partial charge in [-0.2, -0.15) is 8.78 Å². The lowest BCUT2D eigenvalue weighted by molar-refractivity contribution is 0.365. The monoisotopic (exact) mass is 371 g/mol. The minimum absolute atomic E-state index is 0.0708. The van der Waals surface area contributed by atoms with Gasteiger partial charge in [-0.25, -0.2) is 8.42 Å². The summed E-state index contributed by atoms with van der Waals surface area (Å²) < 4.78 is 66.1. The van der Waals surface area contributed by atoms with Crippen LogP contribution in [0.4, 0.5) is 14.5 Å². The second-order valence-electron chi connectivity index (χ2n) is 4.67. The third kappa shape index (κ3) is 4.83. The molecule has 6 nitrogen and oxygen atoms in total. The third-order valence-electron chi connectivity index (χ3n) is 3.05. The van der Waals surface area contributed by atoms with Crippen molar-refractivity contribution in [1.82, 2.24) is 0 Å². The van der Waals surface area contributed by atoms with E-state index >= 15 is 0 Å². The first-order valence-electron chi connectivity index (χ1n) is 6.88. The van der Waals surface area contributed by atoms with Crippen molar-refractivity contribution in [3.63, 3.8) is 0 Å². The quantitative estimate of drug-likeness (QED) is 0.753. The molecule has 0 unspecified atom stereocenters. The van der Waals surface area contributed by atoms with Crippen molar-refractivity contribution in [2.45, 2.75) is 4.90 Å². The summed E-state index contributed by atoms with van der Waals surface area (Å²) in [4.78, 5) is -0.0708. The minimum Gasteiger partial charge on any atom is -0.497 e. The number of anilines is 1. The Morgan fingerprint density at radius 2 is 1.64 bits per heavy atom. The highest BCUT2D eigenvalue weighted by Gasteiger charge is 2.20. The van der Waals surface area contributed by atoms with Gasteiger partial charge in [-0.15, -0.1) is 0 Å². The van der Waals surface area contributed by atoms with Gasteiger partial charge < -0.3 is 14.2 Å². The molecule has 134 valence electrons. The highest BCUT2D eigenvalue weighted by Crippen LogP contribution is 2.30. The lowest BCUT2D eigenvalue weighted by Crippen LogP contribution is -2.14. The lowest BCUT2D eigenvalue weighted by atomic mass is 10.3. The molecule has 0 saturated heterocycles. The summed E-state index contributed by atoms with van der Waals surface area (Å²) in [6, 6.07) is 9.76. The number of benzene rings is 2. The fourth-order valence-corrected chi connectivity index (χ4v) is 3.13. The van der Waals surface area contributed by atoms with Gasteiger partial charge in [-0.3, -0.25) is 4.72 Å². The SMILES string of the molecule is COc1ccc(S(=O)(=O)Nc2ccc(OC=C(F)F)cc2)c(OC)c1. The molecule has 0 fully saturated rings. The van der Waals surface area contributed by atoms with Crippen molar-refractivity contribution in [3.05, 3.63) is 54.8 Å². The average Bonchev–Trinajstić information content (AvgIpc) is 2.60. The van der Waals surface area contributed by atoms with Gasteiger partial charge in [-0.1, -0.05) is 0 Å². The standard InChI is InChI=1S/C16H15F2NO5S/c1-22-13-7-8-15(14(9-13)23-2)25(20,21)19-11-3-5-12(6-4-11)24-10-16(17)18/h3-10,19H,1-2H3. The van der Waals surface area contributed by atoms with Crippen LogP contribution in [0.5, 0.6) is 17.2 Å². The summed E-state index contributed by atoms with van der Waals surface area (Å²) in [5.74, 6) is 0.707. The van der Waals surface area contributed by atoms with E-state index in [2.05, 4.69) is 9.46 Å². The number of hydrogen-bond donors (Lipinski definition) is 1. The topological polar surface area (TPSA) is 73.9 Å². The van der Waals surface area contributed by atoms with Gasteiger partial charge in [0.25, 0.3) is 10.0 Å². The van der Waals surface area contributed by atoms with Gasteiger partial charge in [0.2, 0.25) is 0 Å². The minimum atomic E-state index is -3.92. The lowest BCUT2D eigenvalue weighted by Gasteiger charge is -2.13. The highest BCUT2D eigenvalue weighted by atomic mass is 32.2. The Hall–Kier alpha value is -2.81. The van der Waals surface area contributed by atoms with Crippen LogP contribution in [0.3, 0.4) is 0 Å². The molecule has 2 aromatic carbocycles. The molecule has 9 heteroatoms. The van der Waals surface area contributed by atoms with E-state index in [1.54, 1.807) is 0 Å². The highest BCUT2D eigenvalue weighted by molar-refractivity contribution is 7.92. The van der Waals surface area contributed by atoms with Crippen molar-refractivity contribution in [2.24, 2.45) is 0 Å². The third-order valence-corrected chi connectivity index (χ3v) is 4.47. The van der Waals surface area contributed by atoms with Crippen molar-refractivity contribution >= 4 is 15.7 Å². The molecule has 0 bridgehead atoms. The van der Waals surface area contributed by atoms with Crippen LogP contribution in [0.1, 0.15) is 0 Å². The van der Waals surface area contributed by atoms with E-state index in [-0.39, 0.29) is 22.1 Å². The molecule has 0 heterocycles. The molecule has 0 amide bonds. The molecule has 0 aliphatic rings. The molecule has 25 heavy (non-hydrogen) atoms. The Bertz CT molecular complexity index is 863. The van der Waals surface area contributed by atoms with Crippen LogP contribution in [0, 0.1) is 0 Å². The average molecular weight is 371 g/mol. The predicted octanol–water partition coefficient (Wildman–Crippen LogP) is 3.62. The Morgan fingerprint density at radius 3 is 2.20 bits per heavy atom. The zero-order chi connectivity index (χ0) is 18.4. The molecule has 2 aromatic rings. The Balaban J connectivity index is 2.22. The molecular weight excluding hydrogens is 356 g/mol. The summed E-state index contributed by atoms with van der Waals surface area (Å²) in [6.07, 6.45) is -1.68. The van der Waals surface area contributed by atoms with Crippen LogP contribution in [0.15, 0.2) is 59.7 Å². The fourth-order valence-electron chi connectivity index (χ4n) is 1.92. The molecule has 0 spiro atoms. The first-order valence-corrected chi connectivity index (χ1v) is 8.37. The van der Waals surface area contributed by atoms with Crippen LogP contribution in [0.25, 0.3) is 0 Å². The molecule has 0 aromatic heterocycles. The van der Waals surface area contributed by atoms with Crippen molar-refractivity contribution in [2.75, 3.05) is 18.9 Å². The molecule has 1 N–H and O–H groups in total. The van der Waals surface area contributed by atoms with E-state index in [1.165, 1.54) is 56.7 Å². The first kappa shape index (κ1) is 18.5. The van der Waals surface area contributed by atoms with Gasteiger partial charge in [0.15, 0.2) is 6.26 Å². The Labute approximate surface area is 143 Å². The molecule has 0 aliphatic carbocycles. The first-order chi connectivity index (χ1) is 11.9. The molecule has 2 rings (SSSR count). The zero-order valence-electron chi connectivity index (χ0n) is 13.3. The molecular formula is C16H15F2NO5S. The Morgan fingerprint density at radius 1 is 1.00 bits per heavy atom. The van der Waals surface area contributed by atoms with Crippen LogP contribution in [-0.4, -0.2) is 22.6 Å². The van der Waals surface area contributed by atoms with Crippen molar-refractivity contribution in [3.8, 4) is 17.2 Å². The number of halogens is 2. The largest absolute Gasteiger partial charge is 0.497 e. The van der Waals surface area contributed by atoms with E-state index in [1.807, 2.05) is 0 Å². The second kappa shape index (κ2) is 7.84. The summed E-state index contributed by atoms with van der Waals surface area (Å²) in [7, 11) is -1.13. The number of ether oxygens (including phenoxy) is 3. The van der Waals surface area contributed by atoms with Gasteiger partial charge in [0.05, 0.1) is 14.2 Å². The predicted molar refractivity (Wildman–Crippen MR) is 87.7 cm³/mol. The zero-order valence-corrected chi connectivity index (χ0v) is 14.1. The van der Waals surface area contributed by atoms with Crippen molar-refractivity contribution < 1.29 is 31.4 Å². The number of methoxy groups -OCH3 is 2. The van der Waals surface area contributed by atoms with E-state index in [0.717, 1.165) is 0 Å². The van der Waals surface area contributed by atoms with E-state index in [0.29, 0.717) is 12.0 Å². The van der Waals surface area contributed by atoms with Crippen LogP contribution in [0.2, 0.25) is 0 Å². The molecule has 0 atom stereocenters. The van der Waals surface area contributed by atoms with Crippen LogP contribution in [-0.2, 0) is 10.0 Å². The van der Waals surface area contributed by atoms with Crippen molar-refractivity contribution in [1.29, 1.82) is 0 Å². The smallest absolute Gasteiger partial charge is 0.305 e. The van der Waals surface area contributed by atoms with Gasteiger partial charge in [-0.05, 0) is 36.4 Å². The van der Waals surface area contributed by atoms with Gasteiger partial charge in [0.1, 0.15) is 22.1 Å². The normalized spacial score (nSPS) is 10.7. The number of rotatable bonds is 7. The number of hydrogen-bond acceptors (Lipinski definition) is 5. The maximum atomic E-state index is 12.5. The summed E-state index contributed by atoms with van der Waals surface area (Å²) in [6.45, 7) is 0. The maximum Gasteiger partial charge on any atom is 0.305 e. The number of nitrogens with one attached hydrogen (secondary N) is 1. The fraction of sp³-hybridized carbons (Fsp3) is 0.125. The molecule has 0 aliphatic heterocycles. The van der Waals surface area contributed by atoms with Crippen LogP contribution >= 0.6 is 0 Å². The summed E-state index contributed by atoms with van der Waals surface area (Å²) in [5.41, 5.74) is 0.231. The van der Waals surface area contributed by atoms with E-state index in [9.17, 15) is 17.2 Å². The molecule has 0 saturated carbocycles. The Kier molecular flexibility index (Phi) is 5.81. The summed E-state index contributed by atoms with van der Waals surface area (Å²) >= 11 is 0. The van der Waals surface area contributed by atoms with E-state index in [4.69, 9.17) is 9.47 Å². The van der Waals surface area contributed by atoms with Gasteiger partial charge in [0, 0.05) is 11.8 Å². The van der Waals surface area contributed by atoms with Gasteiger partial charge >= 0.3 is 6.08 Å². The summed E-state index contributed by atoms with van der Waals surface area (Å²) in [5, 5.41) is 0. The van der Waals surface area contributed by atoms with Crippen LogP contribution < -0.4 is 18.9 Å². The number of sulfonamides is 1. The second-order valence-corrected chi connectivity index (χ2v) is 6.32. The maximum absolute atomic E-state index is 12.5. The van der Waals surface area contributed by atoms with E-state index < -0.39 is 16.1 Å². The molecule has 0 radical (unpaired) electrons.